The Morgan fingerprint density at radius 1 is 1.64 bits per heavy atom. The van der Waals surface area contributed by atoms with Crippen LogP contribution in [0.4, 0.5) is 0 Å². The Hall–Kier alpha value is -0.220. The van der Waals surface area contributed by atoms with Crippen molar-refractivity contribution in [3.05, 3.63) is 0 Å². The second-order valence-corrected chi connectivity index (χ2v) is 6.18. The number of hydrogen-bond donors (Lipinski definition) is 2. The molecule has 0 saturated carbocycles. The number of nitrogens with two attached hydrogens (primary N) is 1. The molecule has 1 rings (SSSR count). The normalized spacial score (nSPS) is 27.9. The molecule has 3 N–H and O–H groups in total. The number of nitrogens with one attached hydrogen (secondary N) is 1. The van der Waals surface area contributed by atoms with Crippen LogP contribution in [-0.4, -0.2) is 29.5 Å². The van der Waals surface area contributed by atoms with Gasteiger partial charge in [0.2, 0.25) is 5.91 Å². The van der Waals surface area contributed by atoms with Crippen LogP contribution in [0.2, 0.25) is 0 Å². The third-order valence-corrected chi connectivity index (χ3v) is 4.05. The van der Waals surface area contributed by atoms with Crippen molar-refractivity contribution in [2.45, 2.75) is 38.5 Å². The zero-order valence-corrected chi connectivity index (χ0v) is 9.99. The molecule has 2 atom stereocenters. The van der Waals surface area contributed by atoms with Gasteiger partial charge in [0.15, 0.2) is 0 Å². The molecule has 0 aliphatic carbocycles. The van der Waals surface area contributed by atoms with Gasteiger partial charge in [-0.25, -0.2) is 0 Å². The third kappa shape index (κ3) is 3.17. The highest BCUT2D eigenvalue weighted by Gasteiger charge is 2.28. The number of thioether (sulfide) groups is 1. The van der Waals surface area contributed by atoms with Crippen LogP contribution >= 0.6 is 11.8 Å². The summed E-state index contributed by atoms with van der Waals surface area (Å²) in [6.45, 7) is 6.69. The van der Waals surface area contributed by atoms with Crippen LogP contribution in [0.25, 0.3) is 0 Å². The minimum Gasteiger partial charge on any atom is -0.369 e. The number of primary amides is 1. The van der Waals surface area contributed by atoms with E-state index in [0.29, 0.717) is 12.6 Å². The lowest BCUT2D eigenvalue weighted by atomic mass is 9.92. The lowest BCUT2D eigenvalue weighted by molar-refractivity contribution is -0.125. The van der Waals surface area contributed by atoms with Crippen molar-refractivity contribution in [1.82, 2.24) is 5.32 Å². The van der Waals surface area contributed by atoms with Gasteiger partial charge in [0, 0.05) is 23.6 Å². The number of carbonyl (C=O) groups excluding carboxylic acids is 1. The summed E-state index contributed by atoms with van der Waals surface area (Å²) < 4.78 is 0. The maximum atomic E-state index is 11.1. The van der Waals surface area contributed by atoms with Gasteiger partial charge in [-0.3, -0.25) is 4.79 Å². The summed E-state index contributed by atoms with van der Waals surface area (Å²) in [5.41, 5.74) is 4.86. The number of carbonyl (C=O) groups is 1. The highest BCUT2D eigenvalue weighted by atomic mass is 32.2. The molecule has 0 bridgehead atoms. The molecule has 1 aliphatic rings. The van der Waals surface area contributed by atoms with Crippen molar-refractivity contribution in [2.75, 3.05) is 12.3 Å². The standard InChI is InChI=1S/C10H20N2OS/c1-7-4-8(5-14-7)12-6-10(2,3)9(11)13/h7-8,12H,4-6H2,1-3H3,(H2,11,13). The lowest BCUT2D eigenvalue weighted by Crippen LogP contribution is -2.44. The van der Waals surface area contributed by atoms with E-state index in [1.165, 1.54) is 6.42 Å². The van der Waals surface area contributed by atoms with Crippen LogP contribution < -0.4 is 11.1 Å². The molecular weight excluding hydrogens is 196 g/mol. The van der Waals surface area contributed by atoms with Gasteiger partial charge in [-0.05, 0) is 20.3 Å². The van der Waals surface area contributed by atoms with Crippen LogP contribution in [0.5, 0.6) is 0 Å². The maximum Gasteiger partial charge on any atom is 0.224 e. The van der Waals surface area contributed by atoms with Crippen molar-refractivity contribution in [1.29, 1.82) is 0 Å². The van der Waals surface area contributed by atoms with E-state index in [9.17, 15) is 4.79 Å². The van der Waals surface area contributed by atoms with Gasteiger partial charge in [0.05, 0.1) is 5.41 Å². The molecule has 2 unspecified atom stereocenters. The molecule has 82 valence electrons. The first-order valence-electron chi connectivity index (χ1n) is 5.07. The summed E-state index contributed by atoms with van der Waals surface area (Å²) in [4.78, 5) is 11.1. The summed E-state index contributed by atoms with van der Waals surface area (Å²) in [5.74, 6) is 0.916. The Kier molecular flexibility index (Phi) is 3.84. The molecule has 0 radical (unpaired) electrons. The van der Waals surface area contributed by atoms with Gasteiger partial charge in [-0.2, -0.15) is 11.8 Å². The predicted molar refractivity (Wildman–Crippen MR) is 61.3 cm³/mol. The number of rotatable bonds is 4. The summed E-state index contributed by atoms with van der Waals surface area (Å²) in [7, 11) is 0. The van der Waals surface area contributed by atoms with Crippen molar-refractivity contribution >= 4 is 17.7 Å². The fourth-order valence-corrected chi connectivity index (χ4v) is 2.63. The van der Waals surface area contributed by atoms with E-state index in [0.717, 1.165) is 11.0 Å². The van der Waals surface area contributed by atoms with Gasteiger partial charge in [0.1, 0.15) is 0 Å². The minimum absolute atomic E-state index is 0.233. The van der Waals surface area contributed by atoms with E-state index in [1.54, 1.807) is 0 Å². The zero-order chi connectivity index (χ0) is 10.8. The van der Waals surface area contributed by atoms with Crippen molar-refractivity contribution in [3.8, 4) is 0 Å². The van der Waals surface area contributed by atoms with Gasteiger partial charge in [-0.15, -0.1) is 0 Å². The van der Waals surface area contributed by atoms with Crippen molar-refractivity contribution in [3.63, 3.8) is 0 Å². The molecule has 1 saturated heterocycles. The maximum absolute atomic E-state index is 11.1. The van der Waals surface area contributed by atoms with Gasteiger partial charge in [-0.1, -0.05) is 6.92 Å². The zero-order valence-electron chi connectivity index (χ0n) is 9.17. The topological polar surface area (TPSA) is 55.1 Å². The summed E-state index contributed by atoms with van der Waals surface area (Å²) in [6.07, 6.45) is 1.19. The van der Waals surface area contributed by atoms with E-state index < -0.39 is 5.41 Å². The molecule has 1 heterocycles. The quantitative estimate of drug-likeness (QED) is 0.736. The monoisotopic (exact) mass is 216 g/mol. The van der Waals surface area contributed by atoms with Crippen molar-refractivity contribution < 1.29 is 4.79 Å². The van der Waals surface area contributed by atoms with Crippen LogP contribution in [-0.2, 0) is 4.79 Å². The molecule has 3 nitrogen and oxygen atoms in total. The largest absolute Gasteiger partial charge is 0.369 e. The Morgan fingerprint density at radius 3 is 2.71 bits per heavy atom. The highest BCUT2D eigenvalue weighted by molar-refractivity contribution is 8.00. The SMILES string of the molecule is CC1CC(NCC(C)(C)C(N)=O)CS1. The van der Waals surface area contributed by atoms with Crippen LogP contribution in [0, 0.1) is 5.41 Å². The molecule has 14 heavy (non-hydrogen) atoms. The van der Waals surface area contributed by atoms with Crippen molar-refractivity contribution in [2.24, 2.45) is 11.1 Å². The first-order valence-corrected chi connectivity index (χ1v) is 6.11. The molecule has 4 heteroatoms. The van der Waals surface area contributed by atoms with Gasteiger partial charge in [0.25, 0.3) is 0 Å². The molecule has 0 spiro atoms. The molecule has 0 aromatic carbocycles. The summed E-state index contributed by atoms with van der Waals surface area (Å²) in [5, 5.41) is 4.15. The first-order chi connectivity index (χ1) is 6.42. The molecular formula is C10H20N2OS. The molecule has 0 aromatic heterocycles. The molecule has 0 aromatic rings. The summed E-state index contributed by atoms with van der Waals surface area (Å²) >= 11 is 1.99. The van der Waals surface area contributed by atoms with E-state index in [2.05, 4.69) is 12.2 Å². The predicted octanol–water partition coefficient (Wildman–Crippen LogP) is 0.981. The van der Waals surface area contributed by atoms with E-state index in [1.807, 2.05) is 25.6 Å². The highest BCUT2D eigenvalue weighted by Crippen LogP contribution is 2.26. The Balaban J connectivity index is 2.30. The third-order valence-electron chi connectivity index (χ3n) is 2.70. The average molecular weight is 216 g/mol. The fraction of sp³-hybridized carbons (Fsp3) is 0.900. The molecule has 1 aliphatic heterocycles. The Labute approximate surface area is 90.2 Å². The van der Waals surface area contributed by atoms with Crippen LogP contribution in [0.15, 0.2) is 0 Å². The lowest BCUT2D eigenvalue weighted by Gasteiger charge is -2.23. The van der Waals surface area contributed by atoms with E-state index in [4.69, 9.17) is 5.73 Å². The van der Waals surface area contributed by atoms with E-state index >= 15 is 0 Å². The smallest absolute Gasteiger partial charge is 0.224 e. The fourth-order valence-electron chi connectivity index (χ4n) is 1.45. The minimum atomic E-state index is -0.434. The Morgan fingerprint density at radius 2 is 2.29 bits per heavy atom. The van der Waals surface area contributed by atoms with Gasteiger partial charge < -0.3 is 11.1 Å². The Bertz CT molecular complexity index is 218. The van der Waals surface area contributed by atoms with E-state index in [-0.39, 0.29) is 5.91 Å². The molecule has 1 amide bonds. The van der Waals surface area contributed by atoms with Gasteiger partial charge >= 0.3 is 0 Å². The summed E-state index contributed by atoms with van der Waals surface area (Å²) in [6, 6.07) is 0.550. The van der Waals surface area contributed by atoms with Crippen LogP contribution in [0.3, 0.4) is 0 Å². The molecule has 1 fully saturated rings. The second kappa shape index (κ2) is 4.53. The second-order valence-electron chi connectivity index (χ2n) is 4.71. The first kappa shape index (κ1) is 11.9. The van der Waals surface area contributed by atoms with Crippen LogP contribution in [0.1, 0.15) is 27.2 Å². The number of hydrogen-bond acceptors (Lipinski definition) is 3. The average Bonchev–Trinajstić information content (AvgIpc) is 2.48. The number of amides is 1.